The molecular formula is C13H24N2O4. The van der Waals surface area contributed by atoms with Gasteiger partial charge in [-0.15, -0.1) is 0 Å². The van der Waals surface area contributed by atoms with Crippen molar-refractivity contribution in [2.24, 2.45) is 5.92 Å². The lowest BCUT2D eigenvalue weighted by Gasteiger charge is -2.33. The van der Waals surface area contributed by atoms with Crippen molar-refractivity contribution >= 4 is 12.0 Å². The Morgan fingerprint density at radius 2 is 1.84 bits per heavy atom. The number of urea groups is 1. The summed E-state index contributed by atoms with van der Waals surface area (Å²) in [5.74, 6) is -1.02. The molecule has 0 aromatic rings. The van der Waals surface area contributed by atoms with Gasteiger partial charge in [0.1, 0.15) is 5.54 Å². The predicted molar refractivity (Wildman–Crippen MR) is 70.8 cm³/mol. The lowest BCUT2D eigenvalue weighted by molar-refractivity contribution is -0.144. The van der Waals surface area contributed by atoms with Gasteiger partial charge in [-0.3, -0.25) is 0 Å². The molecular weight excluding hydrogens is 248 g/mol. The second-order valence-electron chi connectivity index (χ2n) is 6.04. The number of nitrogens with zero attached hydrogens (tertiary/aromatic N) is 1. The highest BCUT2D eigenvalue weighted by atomic mass is 16.4. The Hall–Kier alpha value is -1.30. The summed E-state index contributed by atoms with van der Waals surface area (Å²) in [6.07, 6.45) is 1.64. The average molecular weight is 272 g/mol. The van der Waals surface area contributed by atoms with Crippen LogP contribution in [-0.2, 0) is 4.79 Å². The van der Waals surface area contributed by atoms with Crippen LogP contribution in [0.2, 0.25) is 0 Å². The van der Waals surface area contributed by atoms with Crippen LogP contribution in [0.5, 0.6) is 0 Å². The van der Waals surface area contributed by atoms with Crippen LogP contribution >= 0.6 is 0 Å². The van der Waals surface area contributed by atoms with Crippen molar-refractivity contribution in [2.75, 3.05) is 13.1 Å². The zero-order valence-electron chi connectivity index (χ0n) is 12.1. The van der Waals surface area contributed by atoms with Gasteiger partial charge in [0.25, 0.3) is 0 Å². The molecule has 1 aliphatic carbocycles. The fourth-order valence-corrected chi connectivity index (χ4v) is 2.09. The van der Waals surface area contributed by atoms with Gasteiger partial charge >= 0.3 is 12.0 Å². The summed E-state index contributed by atoms with van der Waals surface area (Å²) in [4.78, 5) is 24.9. The molecule has 0 bridgehead atoms. The molecule has 0 saturated heterocycles. The molecule has 1 unspecified atom stereocenters. The number of nitrogens with one attached hydrogen (secondary N) is 1. The summed E-state index contributed by atoms with van der Waals surface area (Å²) in [7, 11) is 0. The number of aliphatic hydroxyl groups is 1. The average Bonchev–Trinajstić information content (AvgIpc) is 3.07. The summed E-state index contributed by atoms with van der Waals surface area (Å²) in [5.41, 5.74) is -2.23. The molecule has 3 N–H and O–H groups in total. The van der Waals surface area contributed by atoms with E-state index in [0.29, 0.717) is 6.54 Å². The molecule has 1 aliphatic rings. The SMILES string of the molecule is CCN(CC(C)(C)O)C(=O)NC(C)(C(=O)O)C1CC1. The van der Waals surface area contributed by atoms with Crippen molar-refractivity contribution < 1.29 is 19.8 Å². The van der Waals surface area contributed by atoms with Gasteiger partial charge in [0.05, 0.1) is 12.1 Å². The van der Waals surface area contributed by atoms with E-state index < -0.39 is 23.1 Å². The van der Waals surface area contributed by atoms with Gasteiger partial charge in [-0.05, 0) is 46.5 Å². The van der Waals surface area contributed by atoms with Crippen LogP contribution in [0.4, 0.5) is 4.79 Å². The van der Waals surface area contributed by atoms with Crippen molar-refractivity contribution in [2.45, 2.75) is 51.7 Å². The minimum Gasteiger partial charge on any atom is -0.480 e. The van der Waals surface area contributed by atoms with E-state index in [0.717, 1.165) is 12.8 Å². The number of rotatable bonds is 6. The minimum absolute atomic E-state index is 0.00482. The predicted octanol–water partition coefficient (Wildman–Crippen LogP) is 1.04. The van der Waals surface area contributed by atoms with E-state index in [1.807, 2.05) is 0 Å². The van der Waals surface area contributed by atoms with Crippen molar-refractivity contribution in [3.63, 3.8) is 0 Å². The van der Waals surface area contributed by atoms with E-state index in [4.69, 9.17) is 0 Å². The second-order valence-corrected chi connectivity index (χ2v) is 6.04. The van der Waals surface area contributed by atoms with E-state index in [1.165, 1.54) is 4.90 Å². The highest BCUT2D eigenvalue weighted by Crippen LogP contribution is 2.39. The summed E-state index contributed by atoms with van der Waals surface area (Å²) < 4.78 is 0. The monoisotopic (exact) mass is 272 g/mol. The fraction of sp³-hybridized carbons (Fsp3) is 0.846. The molecule has 1 saturated carbocycles. The molecule has 6 nitrogen and oxygen atoms in total. The van der Waals surface area contributed by atoms with Crippen LogP contribution in [0.1, 0.15) is 40.5 Å². The zero-order chi connectivity index (χ0) is 14.8. The van der Waals surface area contributed by atoms with Gasteiger partial charge in [-0.1, -0.05) is 0 Å². The third-order valence-corrected chi connectivity index (χ3v) is 3.45. The molecule has 0 aliphatic heterocycles. The quantitative estimate of drug-likeness (QED) is 0.674. The number of amides is 2. The van der Waals surface area contributed by atoms with E-state index in [-0.39, 0.29) is 12.5 Å². The third kappa shape index (κ3) is 4.09. The molecule has 0 heterocycles. The van der Waals surface area contributed by atoms with Gasteiger partial charge in [0, 0.05) is 6.54 Å². The maximum absolute atomic E-state index is 12.1. The Morgan fingerprint density at radius 1 is 1.32 bits per heavy atom. The van der Waals surface area contributed by atoms with Gasteiger partial charge in [-0.2, -0.15) is 0 Å². The summed E-state index contributed by atoms with van der Waals surface area (Å²) in [6, 6.07) is -0.443. The number of carboxylic acid groups (broad SMARTS) is 1. The lowest BCUT2D eigenvalue weighted by Crippen LogP contribution is -2.58. The van der Waals surface area contributed by atoms with Crippen molar-refractivity contribution in [3.05, 3.63) is 0 Å². The fourth-order valence-electron chi connectivity index (χ4n) is 2.09. The zero-order valence-corrected chi connectivity index (χ0v) is 12.1. The van der Waals surface area contributed by atoms with Gasteiger partial charge in [-0.25, -0.2) is 9.59 Å². The molecule has 0 aromatic heterocycles. The molecule has 1 rings (SSSR count). The summed E-state index contributed by atoms with van der Waals surface area (Å²) in [6.45, 7) is 7.13. The molecule has 1 atom stereocenters. The van der Waals surface area contributed by atoms with Crippen molar-refractivity contribution in [1.29, 1.82) is 0 Å². The second kappa shape index (κ2) is 5.36. The first-order valence-electron chi connectivity index (χ1n) is 6.63. The topological polar surface area (TPSA) is 89.9 Å². The van der Waals surface area contributed by atoms with Crippen molar-refractivity contribution in [3.8, 4) is 0 Å². The lowest BCUT2D eigenvalue weighted by atomic mass is 9.96. The number of aliphatic carboxylic acids is 1. The molecule has 1 fully saturated rings. The maximum Gasteiger partial charge on any atom is 0.329 e. The standard InChI is InChI=1S/C13H24N2O4/c1-5-15(8-12(2,3)19)11(18)14-13(4,10(16)17)9-6-7-9/h9,19H,5-8H2,1-4H3,(H,14,18)(H,16,17). The van der Waals surface area contributed by atoms with Crippen LogP contribution in [-0.4, -0.2) is 51.3 Å². The van der Waals surface area contributed by atoms with Gasteiger partial charge < -0.3 is 20.4 Å². The van der Waals surface area contributed by atoms with Crippen LogP contribution in [0.3, 0.4) is 0 Å². The van der Waals surface area contributed by atoms with Gasteiger partial charge in [0.15, 0.2) is 0 Å². The molecule has 19 heavy (non-hydrogen) atoms. The van der Waals surface area contributed by atoms with Crippen molar-refractivity contribution in [1.82, 2.24) is 10.2 Å². The number of carboxylic acids is 1. The highest BCUT2D eigenvalue weighted by molar-refractivity contribution is 5.86. The summed E-state index contributed by atoms with van der Waals surface area (Å²) >= 11 is 0. The third-order valence-electron chi connectivity index (χ3n) is 3.45. The smallest absolute Gasteiger partial charge is 0.329 e. The number of likely N-dealkylation sites (N-methyl/N-ethyl adjacent to an activating group) is 1. The number of carbonyl (C=O) groups is 2. The Bertz CT molecular complexity index is 360. The highest BCUT2D eigenvalue weighted by Gasteiger charge is 2.49. The van der Waals surface area contributed by atoms with E-state index >= 15 is 0 Å². The van der Waals surface area contributed by atoms with E-state index in [9.17, 15) is 19.8 Å². The maximum atomic E-state index is 12.1. The first-order valence-corrected chi connectivity index (χ1v) is 6.63. The molecule has 2 amide bonds. The van der Waals surface area contributed by atoms with Crippen LogP contribution in [0.25, 0.3) is 0 Å². The Morgan fingerprint density at radius 3 is 2.16 bits per heavy atom. The molecule has 110 valence electrons. The summed E-state index contributed by atoms with van der Waals surface area (Å²) in [5, 5.41) is 21.7. The molecule has 0 aromatic carbocycles. The first kappa shape index (κ1) is 15.8. The molecule has 6 heteroatoms. The number of carbonyl (C=O) groups excluding carboxylic acids is 1. The molecule has 0 radical (unpaired) electrons. The van der Waals surface area contributed by atoms with Crippen LogP contribution in [0, 0.1) is 5.92 Å². The Balaban J connectivity index is 2.73. The van der Waals surface area contributed by atoms with Crippen LogP contribution < -0.4 is 5.32 Å². The van der Waals surface area contributed by atoms with Gasteiger partial charge in [0.2, 0.25) is 0 Å². The van der Waals surface area contributed by atoms with Crippen LogP contribution in [0.15, 0.2) is 0 Å². The largest absolute Gasteiger partial charge is 0.480 e. The number of hydrogen-bond donors (Lipinski definition) is 3. The minimum atomic E-state index is -1.22. The normalized spacial score (nSPS) is 18.6. The number of hydrogen-bond acceptors (Lipinski definition) is 3. The first-order chi connectivity index (χ1) is 8.60. The molecule has 0 spiro atoms. The Kier molecular flexibility index (Phi) is 4.45. The Labute approximate surface area is 113 Å². The van der Waals surface area contributed by atoms with E-state index in [2.05, 4.69) is 5.32 Å². The van der Waals surface area contributed by atoms with E-state index in [1.54, 1.807) is 27.7 Å².